The minimum Gasteiger partial charge on any atom is -0.378 e. The van der Waals surface area contributed by atoms with E-state index < -0.39 is 0 Å². The van der Waals surface area contributed by atoms with Crippen LogP contribution in [0.4, 0.5) is 11.4 Å². The predicted octanol–water partition coefficient (Wildman–Crippen LogP) is 3.67. The highest BCUT2D eigenvalue weighted by Crippen LogP contribution is 2.25. The van der Waals surface area contributed by atoms with Crippen LogP contribution in [0, 0.1) is 0 Å². The van der Waals surface area contributed by atoms with Gasteiger partial charge in [-0.1, -0.05) is 30.3 Å². The van der Waals surface area contributed by atoms with Gasteiger partial charge >= 0.3 is 0 Å². The fourth-order valence-electron chi connectivity index (χ4n) is 4.72. The van der Waals surface area contributed by atoms with E-state index in [1.165, 1.54) is 22.5 Å². The van der Waals surface area contributed by atoms with Gasteiger partial charge < -0.3 is 19.5 Å². The Morgan fingerprint density at radius 1 is 1.00 bits per heavy atom. The van der Waals surface area contributed by atoms with Crippen LogP contribution < -0.4 is 10.2 Å². The maximum absolute atomic E-state index is 13.0. The average molecular weight is 431 g/mol. The van der Waals surface area contributed by atoms with Crippen LogP contribution in [0.15, 0.2) is 60.7 Å². The first kappa shape index (κ1) is 20.8. The summed E-state index contributed by atoms with van der Waals surface area (Å²) in [5.41, 5.74) is 6.54. The Hall–Kier alpha value is -3.09. The van der Waals surface area contributed by atoms with Gasteiger partial charge in [-0.25, -0.2) is 0 Å². The lowest BCUT2D eigenvalue weighted by molar-refractivity contribution is 0.101. The minimum atomic E-state index is -0.0596. The second-order valence-electron chi connectivity index (χ2n) is 8.61. The van der Waals surface area contributed by atoms with E-state index in [0.717, 1.165) is 58.0 Å². The Morgan fingerprint density at radius 3 is 2.50 bits per heavy atom. The molecule has 32 heavy (non-hydrogen) atoms. The monoisotopic (exact) mass is 430 g/mol. The Morgan fingerprint density at radius 2 is 1.75 bits per heavy atom. The number of anilines is 2. The van der Waals surface area contributed by atoms with E-state index in [2.05, 4.69) is 68.2 Å². The largest absolute Gasteiger partial charge is 0.378 e. The molecule has 1 aromatic heterocycles. The van der Waals surface area contributed by atoms with E-state index in [-0.39, 0.29) is 5.91 Å². The molecule has 3 heterocycles. The summed E-state index contributed by atoms with van der Waals surface area (Å²) in [7, 11) is 2.00. The predicted molar refractivity (Wildman–Crippen MR) is 127 cm³/mol. The summed E-state index contributed by atoms with van der Waals surface area (Å²) in [4.78, 5) is 17.8. The number of carbonyl (C=O) groups excluding carboxylic acids is 1. The molecule has 1 saturated heterocycles. The van der Waals surface area contributed by atoms with Crippen molar-refractivity contribution in [3.63, 3.8) is 0 Å². The number of fused-ring (bicyclic) bond motifs is 1. The molecule has 1 N–H and O–H groups in total. The van der Waals surface area contributed by atoms with Crippen LogP contribution in [-0.2, 0) is 31.3 Å². The molecule has 2 aromatic carbocycles. The topological polar surface area (TPSA) is 49.7 Å². The Bertz CT molecular complexity index is 1070. The first-order valence-corrected chi connectivity index (χ1v) is 11.4. The van der Waals surface area contributed by atoms with Crippen LogP contribution in [0.25, 0.3) is 0 Å². The first-order valence-electron chi connectivity index (χ1n) is 11.4. The van der Waals surface area contributed by atoms with Gasteiger partial charge in [0.2, 0.25) is 0 Å². The maximum atomic E-state index is 13.0. The molecule has 0 radical (unpaired) electrons. The van der Waals surface area contributed by atoms with Crippen molar-refractivity contribution in [1.29, 1.82) is 0 Å². The van der Waals surface area contributed by atoms with E-state index in [1.54, 1.807) is 0 Å². The molecule has 0 bridgehead atoms. The third-order valence-corrected chi connectivity index (χ3v) is 6.49. The molecule has 0 unspecified atom stereocenters. The number of nitrogens with zero attached hydrogens (tertiary/aromatic N) is 3. The third-order valence-electron chi connectivity index (χ3n) is 6.49. The molecule has 3 aromatic rings. The van der Waals surface area contributed by atoms with Crippen LogP contribution in [0.2, 0.25) is 0 Å². The average Bonchev–Trinajstić information content (AvgIpc) is 3.17. The molecule has 2 aliphatic rings. The van der Waals surface area contributed by atoms with E-state index in [9.17, 15) is 4.79 Å². The summed E-state index contributed by atoms with van der Waals surface area (Å²) in [6, 6.07) is 20.7. The highest BCUT2D eigenvalue weighted by atomic mass is 16.5. The lowest BCUT2D eigenvalue weighted by Crippen LogP contribution is -2.36. The highest BCUT2D eigenvalue weighted by Gasteiger charge is 2.24. The molecule has 0 aliphatic carbocycles. The molecule has 2 aliphatic heterocycles. The molecule has 166 valence electrons. The first-order chi connectivity index (χ1) is 15.7. The zero-order valence-corrected chi connectivity index (χ0v) is 18.6. The van der Waals surface area contributed by atoms with Crippen molar-refractivity contribution in [2.75, 3.05) is 43.1 Å². The fourth-order valence-corrected chi connectivity index (χ4v) is 4.72. The Labute approximate surface area is 189 Å². The smallest absolute Gasteiger partial charge is 0.272 e. The van der Waals surface area contributed by atoms with Gasteiger partial charge in [-0.05, 0) is 41.5 Å². The van der Waals surface area contributed by atoms with E-state index >= 15 is 0 Å². The Kier molecular flexibility index (Phi) is 5.97. The minimum absolute atomic E-state index is 0.0596. The molecule has 6 nitrogen and oxygen atoms in total. The van der Waals surface area contributed by atoms with Gasteiger partial charge in [0.25, 0.3) is 5.91 Å². The van der Waals surface area contributed by atoms with Gasteiger partial charge in [-0.15, -0.1) is 0 Å². The van der Waals surface area contributed by atoms with E-state index in [1.807, 2.05) is 19.2 Å². The van der Waals surface area contributed by atoms with Gasteiger partial charge in [0.1, 0.15) is 5.69 Å². The molecule has 6 heteroatoms. The van der Waals surface area contributed by atoms with Crippen LogP contribution in [0.3, 0.4) is 0 Å². The number of nitrogens with one attached hydrogen (secondary N) is 1. The van der Waals surface area contributed by atoms with E-state index in [4.69, 9.17) is 4.74 Å². The van der Waals surface area contributed by atoms with Crippen molar-refractivity contribution in [3.8, 4) is 0 Å². The molecule has 1 amide bonds. The van der Waals surface area contributed by atoms with Crippen molar-refractivity contribution in [2.24, 2.45) is 7.05 Å². The zero-order chi connectivity index (χ0) is 21.9. The second-order valence-corrected chi connectivity index (χ2v) is 8.61. The molecular weight excluding hydrogens is 400 g/mol. The van der Waals surface area contributed by atoms with Crippen LogP contribution in [0.5, 0.6) is 0 Å². The molecule has 5 rings (SSSR count). The van der Waals surface area contributed by atoms with Gasteiger partial charge in [0.05, 0.1) is 13.2 Å². The number of morpholine rings is 1. The number of rotatable bonds is 5. The van der Waals surface area contributed by atoms with Crippen molar-refractivity contribution in [3.05, 3.63) is 83.2 Å². The summed E-state index contributed by atoms with van der Waals surface area (Å²) in [5, 5.41) is 3.07. The van der Waals surface area contributed by atoms with Gasteiger partial charge in [0.15, 0.2) is 0 Å². The van der Waals surface area contributed by atoms with Crippen LogP contribution in [0.1, 0.15) is 27.3 Å². The number of benzene rings is 2. The molecule has 1 fully saturated rings. The van der Waals surface area contributed by atoms with Crippen molar-refractivity contribution in [2.45, 2.75) is 19.5 Å². The van der Waals surface area contributed by atoms with Gasteiger partial charge in [0, 0.05) is 63.3 Å². The van der Waals surface area contributed by atoms with Crippen molar-refractivity contribution in [1.82, 2.24) is 9.47 Å². The van der Waals surface area contributed by atoms with Crippen LogP contribution in [-0.4, -0.2) is 48.2 Å². The molecule has 0 saturated carbocycles. The summed E-state index contributed by atoms with van der Waals surface area (Å²) < 4.78 is 7.49. The van der Waals surface area contributed by atoms with Crippen molar-refractivity contribution >= 4 is 17.3 Å². The van der Waals surface area contributed by atoms with Crippen molar-refractivity contribution < 1.29 is 9.53 Å². The van der Waals surface area contributed by atoms with E-state index in [0.29, 0.717) is 5.69 Å². The third kappa shape index (κ3) is 4.42. The quantitative estimate of drug-likeness (QED) is 0.671. The standard InChI is InChI=1S/C26H30N4O2/c1-28-24-11-12-29(18-20-5-3-2-4-6-20)19-21(24)17-25(28)26(31)27-22-7-9-23(10-8-22)30-13-15-32-16-14-30/h2-10,17H,11-16,18-19H2,1H3,(H,27,31). The Balaban J connectivity index is 1.25. The second kappa shape index (κ2) is 9.18. The molecular formula is C26H30N4O2. The lowest BCUT2D eigenvalue weighted by Gasteiger charge is -2.28. The number of hydrogen-bond donors (Lipinski definition) is 1. The molecule has 0 atom stereocenters. The number of ether oxygens (including phenoxy) is 1. The summed E-state index contributed by atoms with van der Waals surface area (Å²) in [6.45, 7) is 6.15. The summed E-state index contributed by atoms with van der Waals surface area (Å²) >= 11 is 0. The zero-order valence-electron chi connectivity index (χ0n) is 18.6. The number of amides is 1. The highest BCUT2D eigenvalue weighted by molar-refractivity contribution is 6.03. The summed E-state index contributed by atoms with van der Waals surface area (Å²) in [6.07, 6.45) is 0.959. The lowest BCUT2D eigenvalue weighted by atomic mass is 10.1. The normalized spacial score (nSPS) is 16.6. The van der Waals surface area contributed by atoms with Gasteiger partial charge in [-0.3, -0.25) is 9.69 Å². The number of carbonyl (C=O) groups is 1. The fraction of sp³-hybridized carbons (Fsp3) is 0.346. The maximum Gasteiger partial charge on any atom is 0.272 e. The summed E-state index contributed by atoms with van der Waals surface area (Å²) in [5.74, 6) is -0.0596. The number of hydrogen-bond acceptors (Lipinski definition) is 4. The SMILES string of the molecule is Cn1c(C(=O)Nc2ccc(N3CCOCC3)cc2)cc2c1CCN(Cc1ccccc1)C2. The van der Waals surface area contributed by atoms with Gasteiger partial charge in [-0.2, -0.15) is 0 Å². The van der Waals surface area contributed by atoms with Crippen LogP contribution >= 0.6 is 0 Å². The molecule has 0 spiro atoms. The number of aromatic nitrogens is 1.